The van der Waals surface area contributed by atoms with Crippen LogP contribution in [0.1, 0.15) is 11.1 Å². The Kier molecular flexibility index (Phi) is 7.30. The number of sulfonamides is 1. The summed E-state index contributed by atoms with van der Waals surface area (Å²) in [7, 11) is -2.39. The van der Waals surface area contributed by atoms with Crippen LogP contribution in [0.25, 0.3) is 0 Å². The monoisotopic (exact) mass is 417 g/mol. The van der Waals surface area contributed by atoms with Crippen molar-refractivity contribution < 1.29 is 27.5 Å². The summed E-state index contributed by atoms with van der Waals surface area (Å²) in [5, 5.41) is 11.4. The van der Waals surface area contributed by atoms with E-state index in [4.69, 9.17) is 14.7 Å². The zero-order chi connectivity index (χ0) is 21.4. The number of carbonyl (C=O) groups is 2. The number of amides is 1. The maximum atomic E-state index is 12.0. The van der Waals surface area contributed by atoms with Crippen LogP contribution in [-0.2, 0) is 24.3 Å². The van der Waals surface area contributed by atoms with Crippen LogP contribution < -0.4 is 14.8 Å². The van der Waals surface area contributed by atoms with Crippen LogP contribution in [0.3, 0.4) is 0 Å². The quantitative estimate of drug-likeness (QED) is 0.619. The van der Waals surface area contributed by atoms with Gasteiger partial charge in [0.15, 0.2) is 13.2 Å². The fourth-order valence-electron chi connectivity index (χ4n) is 2.28. The lowest BCUT2D eigenvalue weighted by molar-refractivity contribution is -0.149. The van der Waals surface area contributed by atoms with Crippen LogP contribution in [0.2, 0.25) is 0 Å². The van der Waals surface area contributed by atoms with Crippen molar-refractivity contribution in [2.24, 2.45) is 0 Å². The molecule has 10 heteroatoms. The number of benzene rings is 2. The molecule has 0 heterocycles. The number of anilines is 1. The zero-order valence-corrected chi connectivity index (χ0v) is 16.6. The highest BCUT2D eigenvalue weighted by Gasteiger charge is 2.16. The number of aryl methyl sites for hydroxylation is 1. The van der Waals surface area contributed by atoms with Gasteiger partial charge in [0.1, 0.15) is 11.8 Å². The van der Waals surface area contributed by atoms with Crippen LogP contribution in [0, 0.1) is 18.3 Å². The summed E-state index contributed by atoms with van der Waals surface area (Å²) in [6, 6.07) is 12.7. The number of hydrogen-bond acceptors (Lipinski definition) is 7. The van der Waals surface area contributed by atoms with E-state index in [0.717, 1.165) is 0 Å². The van der Waals surface area contributed by atoms with Gasteiger partial charge in [0, 0.05) is 5.69 Å². The molecule has 0 fully saturated rings. The Bertz CT molecular complexity index is 1060. The molecule has 2 rings (SSSR count). The molecule has 0 saturated heterocycles. The molecule has 0 saturated carbocycles. The van der Waals surface area contributed by atoms with Gasteiger partial charge in [0.2, 0.25) is 10.0 Å². The van der Waals surface area contributed by atoms with E-state index >= 15 is 0 Å². The molecule has 0 radical (unpaired) electrons. The highest BCUT2D eigenvalue weighted by Crippen LogP contribution is 2.20. The van der Waals surface area contributed by atoms with Crippen LogP contribution in [0.4, 0.5) is 5.69 Å². The minimum Gasteiger partial charge on any atom is -0.481 e. The van der Waals surface area contributed by atoms with Crippen molar-refractivity contribution >= 4 is 27.6 Å². The first-order valence-electron chi connectivity index (χ1n) is 8.38. The van der Waals surface area contributed by atoms with Crippen molar-refractivity contribution in [3.8, 4) is 11.8 Å². The summed E-state index contributed by atoms with van der Waals surface area (Å²) < 4.78 is 36.2. The molecule has 0 atom stereocenters. The minimum atomic E-state index is -3.68. The fraction of sp³-hybridized carbons (Fsp3) is 0.211. The third-order valence-electron chi connectivity index (χ3n) is 3.75. The Morgan fingerprint density at radius 3 is 2.55 bits per heavy atom. The predicted molar refractivity (Wildman–Crippen MR) is 104 cm³/mol. The second-order valence-electron chi connectivity index (χ2n) is 5.79. The van der Waals surface area contributed by atoms with E-state index in [0.29, 0.717) is 5.56 Å². The standard InChI is InChI=1S/C19H19N3O6S/c1-13-7-8-15(9-17(13)29(25,26)21-2)22-18(23)11-28-19(24)12-27-16-6-4-3-5-14(16)10-20/h3-9,21H,11-12H2,1-2H3,(H,22,23). The van der Waals surface area contributed by atoms with Crippen molar-refractivity contribution in [3.05, 3.63) is 53.6 Å². The van der Waals surface area contributed by atoms with E-state index in [9.17, 15) is 18.0 Å². The molecule has 1 amide bonds. The van der Waals surface area contributed by atoms with Crippen LogP contribution in [-0.4, -0.2) is 40.6 Å². The maximum absolute atomic E-state index is 12.0. The highest BCUT2D eigenvalue weighted by molar-refractivity contribution is 7.89. The molecule has 0 aliphatic carbocycles. The molecule has 0 aliphatic rings. The predicted octanol–water partition coefficient (Wildman–Crippen LogP) is 1.34. The molecular formula is C19H19N3O6S. The molecule has 2 aromatic carbocycles. The van der Waals surface area contributed by atoms with Crippen molar-refractivity contribution in [1.82, 2.24) is 4.72 Å². The van der Waals surface area contributed by atoms with Gasteiger partial charge in [-0.1, -0.05) is 18.2 Å². The molecule has 29 heavy (non-hydrogen) atoms. The van der Waals surface area contributed by atoms with E-state index in [-0.39, 0.29) is 21.9 Å². The number of para-hydroxylation sites is 1. The van der Waals surface area contributed by atoms with Gasteiger partial charge in [-0.3, -0.25) is 4.79 Å². The van der Waals surface area contributed by atoms with Crippen LogP contribution >= 0.6 is 0 Å². The average molecular weight is 417 g/mol. The first-order valence-corrected chi connectivity index (χ1v) is 9.86. The third-order valence-corrected chi connectivity index (χ3v) is 5.30. The Balaban J connectivity index is 1.89. The SMILES string of the molecule is CNS(=O)(=O)c1cc(NC(=O)COC(=O)COc2ccccc2C#N)ccc1C. The second kappa shape index (κ2) is 9.68. The summed E-state index contributed by atoms with van der Waals surface area (Å²) in [5.74, 6) is -1.21. The van der Waals surface area contributed by atoms with Gasteiger partial charge in [0.25, 0.3) is 5.91 Å². The number of nitriles is 1. The molecule has 152 valence electrons. The van der Waals surface area contributed by atoms with Crippen LogP contribution in [0.5, 0.6) is 5.75 Å². The van der Waals surface area contributed by atoms with E-state index < -0.39 is 35.1 Å². The normalized spacial score (nSPS) is 10.7. The summed E-state index contributed by atoms with van der Waals surface area (Å²) in [5.41, 5.74) is 1.02. The smallest absolute Gasteiger partial charge is 0.344 e. The zero-order valence-electron chi connectivity index (χ0n) is 15.8. The lowest BCUT2D eigenvalue weighted by Gasteiger charge is -2.11. The molecule has 2 aromatic rings. The molecule has 9 nitrogen and oxygen atoms in total. The number of rotatable bonds is 8. The van der Waals surface area contributed by atoms with Crippen molar-refractivity contribution in [3.63, 3.8) is 0 Å². The van der Waals surface area contributed by atoms with Gasteiger partial charge in [-0.25, -0.2) is 17.9 Å². The third kappa shape index (κ3) is 6.03. The number of ether oxygens (including phenoxy) is 2. The first kappa shape index (κ1) is 21.9. The topological polar surface area (TPSA) is 135 Å². The van der Waals surface area contributed by atoms with Gasteiger partial charge < -0.3 is 14.8 Å². The largest absolute Gasteiger partial charge is 0.481 e. The van der Waals surface area contributed by atoms with Gasteiger partial charge in [-0.2, -0.15) is 5.26 Å². The van der Waals surface area contributed by atoms with Gasteiger partial charge in [-0.15, -0.1) is 0 Å². The Hall–Kier alpha value is -3.42. The maximum Gasteiger partial charge on any atom is 0.344 e. The van der Waals surface area contributed by atoms with Crippen molar-refractivity contribution in [1.29, 1.82) is 5.26 Å². The van der Waals surface area contributed by atoms with Crippen molar-refractivity contribution in [2.45, 2.75) is 11.8 Å². The number of carbonyl (C=O) groups excluding carboxylic acids is 2. The van der Waals surface area contributed by atoms with Gasteiger partial charge in [-0.05, 0) is 43.8 Å². The van der Waals surface area contributed by atoms with Crippen LogP contribution in [0.15, 0.2) is 47.4 Å². The number of hydrogen-bond donors (Lipinski definition) is 2. The van der Waals surface area contributed by atoms with E-state index in [1.54, 1.807) is 25.1 Å². The Morgan fingerprint density at radius 2 is 1.86 bits per heavy atom. The lowest BCUT2D eigenvalue weighted by Crippen LogP contribution is -2.24. The molecule has 0 unspecified atom stereocenters. The van der Waals surface area contributed by atoms with Gasteiger partial charge in [0.05, 0.1) is 10.5 Å². The molecule has 0 spiro atoms. The summed E-state index contributed by atoms with van der Waals surface area (Å²) >= 11 is 0. The molecule has 2 N–H and O–H groups in total. The minimum absolute atomic E-state index is 0.0272. The number of nitrogens with zero attached hydrogens (tertiary/aromatic N) is 1. The Morgan fingerprint density at radius 1 is 1.14 bits per heavy atom. The first-order chi connectivity index (χ1) is 13.8. The fourth-order valence-corrected chi connectivity index (χ4v) is 3.28. The average Bonchev–Trinajstić information content (AvgIpc) is 2.72. The molecule has 0 bridgehead atoms. The van der Waals surface area contributed by atoms with Crippen molar-refractivity contribution in [2.75, 3.05) is 25.6 Å². The molecule has 0 aliphatic heterocycles. The van der Waals surface area contributed by atoms with Gasteiger partial charge >= 0.3 is 5.97 Å². The molecular weight excluding hydrogens is 398 g/mol. The van der Waals surface area contributed by atoms with E-state index in [1.807, 2.05) is 6.07 Å². The summed E-state index contributed by atoms with van der Waals surface area (Å²) in [4.78, 5) is 23.7. The van der Waals surface area contributed by atoms with E-state index in [1.165, 1.54) is 31.3 Å². The Labute approximate surface area is 168 Å². The number of esters is 1. The second-order valence-corrected chi connectivity index (χ2v) is 7.65. The lowest BCUT2D eigenvalue weighted by atomic mass is 10.2. The number of nitrogens with one attached hydrogen (secondary N) is 2. The van der Waals surface area contributed by atoms with E-state index in [2.05, 4.69) is 10.0 Å². The molecule has 0 aromatic heterocycles. The highest BCUT2D eigenvalue weighted by atomic mass is 32.2. The summed E-state index contributed by atoms with van der Waals surface area (Å²) in [6.07, 6.45) is 0. The summed E-state index contributed by atoms with van der Waals surface area (Å²) in [6.45, 7) is 0.577.